The molecule has 0 amide bonds. The van der Waals surface area contributed by atoms with Crippen molar-refractivity contribution in [1.29, 1.82) is 0 Å². The fourth-order valence-corrected chi connectivity index (χ4v) is 3.96. The first-order chi connectivity index (χ1) is 12.2. The molecule has 2 saturated heterocycles. The maximum Gasteiger partial charge on any atom is 0.182 e. The number of hydroxylamine groups is 1. The second kappa shape index (κ2) is 7.56. The van der Waals surface area contributed by atoms with E-state index in [1.54, 1.807) is 20.1 Å². The molecule has 0 radical (unpaired) electrons. The number of allylic oxidation sites excluding steroid dienone is 2. The van der Waals surface area contributed by atoms with Crippen LogP contribution in [0.4, 0.5) is 0 Å². The van der Waals surface area contributed by atoms with Crippen molar-refractivity contribution < 1.29 is 28.8 Å². The molecule has 148 valence electrons. The Labute approximate surface area is 155 Å². The van der Waals surface area contributed by atoms with Gasteiger partial charge in [-0.3, -0.25) is 0 Å². The van der Waals surface area contributed by atoms with Crippen molar-refractivity contribution in [3.63, 3.8) is 0 Å². The van der Waals surface area contributed by atoms with E-state index in [2.05, 4.69) is 6.08 Å². The third-order valence-corrected chi connectivity index (χ3v) is 4.94. The highest BCUT2D eigenvalue weighted by Gasteiger charge is 2.54. The van der Waals surface area contributed by atoms with E-state index in [1.165, 1.54) is 6.42 Å². The summed E-state index contributed by atoms with van der Waals surface area (Å²) in [7, 11) is 0. The van der Waals surface area contributed by atoms with E-state index in [0.717, 1.165) is 29.6 Å². The second-order valence-corrected chi connectivity index (χ2v) is 8.21. The zero-order chi connectivity index (χ0) is 18.9. The molecule has 1 N–H and O–H groups in total. The number of hydrogen-bond acceptors (Lipinski definition) is 6. The zero-order valence-electron chi connectivity index (χ0n) is 16.1. The summed E-state index contributed by atoms with van der Waals surface area (Å²) in [5.74, 6) is -1.63. The van der Waals surface area contributed by atoms with Crippen LogP contribution in [0.2, 0.25) is 0 Å². The maximum atomic E-state index is 12.5. The first-order valence-corrected chi connectivity index (χ1v) is 9.49. The molecule has 7 heteroatoms. The highest BCUT2D eigenvalue weighted by atomic mass is 16.8. The van der Waals surface area contributed by atoms with E-state index < -0.39 is 36.0 Å². The van der Waals surface area contributed by atoms with Crippen molar-refractivity contribution in [3.05, 3.63) is 16.9 Å². The standard InChI is InChI=1S/C19H31NO6/c1-18(2)23-14(11-20(22)10-13-8-6-5-7-9-13)16(25-18)17-15(12-21)24-19(3,4)26-17/h8,10,14-17,21H,5-7,9,11-12H2,1-4H3/b20-10-/t14-,15-,16+,17-/m1/s1. The molecule has 2 fully saturated rings. The lowest BCUT2D eigenvalue weighted by atomic mass is 10.0. The topological polar surface area (TPSA) is 83.2 Å². The van der Waals surface area contributed by atoms with Crippen LogP contribution in [0.5, 0.6) is 0 Å². The highest BCUT2D eigenvalue weighted by Crippen LogP contribution is 2.38. The molecule has 3 aliphatic rings. The first-order valence-electron chi connectivity index (χ1n) is 9.49. The molecular weight excluding hydrogens is 338 g/mol. The summed E-state index contributed by atoms with van der Waals surface area (Å²) < 4.78 is 24.6. The predicted molar refractivity (Wildman–Crippen MR) is 95.8 cm³/mol. The van der Waals surface area contributed by atoms with Crippen molar-refractivity contribution >= 4 is 6.21 Å². The molecular formula is C19H31NO6. The Balaban J connectivity index is 1.74. The normalized spacial score (nSPS) is 37.0. The van der Waals surface area contributed by atoms with Crippen molar-refractivity contribution in [2.24, 2.45) is 0 Å². The van der Waals surface area contributed by atoms with Crippen molar-refractivity contribution in [2.75, 3.05) is 13.2 Å². The van der Waals surface area contributed by atoms with Crippen LogP contribution in [-0.4, -0.2) is 65.2 Å². The minimum Gasteiger partial charge on any atom is -0.624 e. The van der Waals surface area contributed by atoms with Crippen LogP contribution in [0.1, 0.15) is 53.4 Å². The van der Waals surface area contributed by atoms with Gasteiger partial charge in [-0.05, 0) is 53.4 Å². The van der Waals surface area contributed by atoms with Gasteiger partial charge in [0.2, 0.25) is 0 Å². The van der Waals surface area contributed by atoms with E-state index in [1.807, 2.05) is 13.8 Å². The fraction of sp³-hybridized carbons (Fsp3) is 0.842. The summed E-state index contributed by atoms with van der Waals surface area (Å²) in [5.41, 5.74) is 1.08. The molecule has 2 heterocycles. The summed E-state index contributed by atoms with van der Waals surface area (Å²) in [5, 5.41) is 22.1. The molecule has 0 aromatic heterocycles. The van der Waals surface area contributed by atoms with Gasteiger partial charge in [0.05, 0.1) is 6.61 Å². The summed E-state index contributed by atoms with van der Waals surface area (Å²) in [6, 6.07) is 0. The molecule has 4 atom stereocenters. The van der Waals surface area contributed by atoms with E-state index in [0.29, 0.717) is 0 Å². The van der Waals surface area contributed by atoms with Crippen molar-refractivity contribution in [3.8, 4) is 0 Å². The first kappa shape index (κ1) is 19.8. The number of ether oxygens (including phenoxy) is 4. The van der Waals surface area contributed by atoms with Crippen LogP contribution in [-0.2, 0) is 18.9 Å². The van der Waals surface area contributed by atoms with E-state index in [-0.39, 0.29) is 13.2 Å². The number of rotatable bonds is 5. The lowest BCUT2D eigenvalue weighted by Gasteiger charge is -2.25. The Hall–Kier alpha value is -0.990. The molecule has 2 aliphatic heterocycles. The Morgan fingerprint density at radius 1 is 1.08 bits per heavy atom. The number of aliphatic hydroxyl groups excluding tert-OH is 1. The predicted octanol–water partition coefficient (Wildman–Crippen LogP) is 2.10. The van der Waals surface area contributed by atoms with Gasteiger partial charge in [0, 0.05) is 5.57 Å². The van der Waals surface area contributed by atoms with Crippen LogP contribution < -0.4 is 0 Å². The fourth-order valence-electron chi connectivity index (χ4n) is 3.96. The van der Waals surface area contributed by atoms with Crippen LogP contribution in [0.15, 0.2) is 11.6 Å². The molecule has 3 rings (SSSR count). The van der Waals surface area contributed by atoms with Crippen LogP contribution >= 0.6 is 0 Å². The minimum absolute atomic E-state index is 0.143. The van der Waals surface area contributed by atoms with E-state index in [9.17, 15) is 10.3 Å². The third kappa shape index (κ3) is 4.64. The maximum absolute atomic E-state index is 12.5. The molecule has 0 bridgehead atoms. The molecule has 0 aromatic carbocycles. The second-order valence-electron chi connectivity index (χ2n) is 8.21. The number of nitrogens with zero attached hydrogens (tertiary/aromatic N) is 1. The monoisotopic (exact) mass is 369 g/mol. The van der Waals surface area contributed by atoms with Crippen molar-refractivity contribution in [2.45, 2.75) is 89.4 Å². The molecule has 7 nitrogen and oxygen atoms in total. The quantitative estimate of drug-likeness (QED) is 0.346. The summed E-state index contributed by atoms with van der Waals surface area (Å²) in [4.78, 5) is 0. The Kier molecular flexibility index (Phi) is 5.75. The molecule has 0 unspecified atom stereocenters. The SMILES string of the molecule is CC1(C)O[C@H]([C@@H]2OC(C)(C)O[C@@H]2CO)[C@@H](C/[N+]([O-])=C/C2=CCCCC2)O1. The summed E-state index contributed by atoms with van der Waals surface area (Å²) in [6.45, 7) is 7.20. The van der Waals surface area contributed by atoms with Crippen LogP contribution in [0, 0.1) is 5.21 Å². The number of aliphatic hydroxyl groups is 1. The van der Waals surface area contributed by atoms with Gasteiger partial charge in [-0.25, -0.2) is 4.74 Å². The highest BCUT2D eigenvalue weighted by molar-refractivity contribution is 5.74. The van der Waals surface area contributed by atoms with E-state index >= 15 is 0 Å². The van der Waals surface area contributed by atoms with Gasteiger partial charge in [-0.15, -0.1) is 0 Å². The van der Waals surface area contributed by atoms with Crippen molar-refractivity contribution in [1.82, 2.24) is 0 Å². The van der Waals surface area contributed by atoms with Gasteiger partial charge >= 0.3 is 0 Å². The Bertz CT molecular complexity index is 570. The van der Waals surface area contributed by atoms with E-state index in [4.69, 9.17) is 18.9 Å². The average Bonchev–Trinajstić information content (AvgIpc) is 3.03. The average molecular weight is 369 g/mol. The van der Waals surface area contributed by atoms with Gasteiger partial charge in [0.15, 0.2) is 24.3 Å². The van der Waals surface area contributed by atoms with Gasteiger partial charge in [0.25, 0.3) is 0 Å². The van der Waals surface area contributed by atoms with Crippen LogP contribution in [0.25, 0.3) is 0 Å². The molecule has 0 saturated carbocycles. The molecule has 1 aliphatic carbocycles. The van der Waals surface area contributed by atoms with Gasteiger partial charge < -0.3 is 29.3 Å². The molecule has 0 aromatic rings. The Morgan fingerprint density at radius 2 is 1.69 bits per heavy atom. The largest absolute Gasteiger partial charge is 0.624 e. The lowest BCUT2D eigenvalue weighted by molar-refractivity contribution is -0.466. The Morgan fingerprint density at radius 3 is 2.27 bits per heavy atom. The third-order valence-electron chi connectivity index (χ3n) is 4.94. The zero-order valence-corrected chi connectivity index (χ0v) is 16.1. The minimum atomic E-state index is -0.823. The van der Waals surface area contributed by atoms with Gasteiger partial charge in [-0.2, -0.15) is 0 Å². The molecule has 26 heavy (non-hydrogen) atoms. The smallest absolute Gasteiger partial charge is 0.182 e. The van der Waals surface area contributed by atoms with Crippen LogP contribution in [0.3, 0.4) is 0 Å². The lowest BCUT2D eigenvalue weighted by Crippen LogP contribution is -2.45. The molecule has 0 spiro atoms. The van der Waals surface area contributed by atoms with Gasteiger partial charge in [-0.1, -0.05) is 6.08 Å². The van der Waals surface area contributed by atoms with Gasteiger partial charge in [0.1, 0.15) is 24.4 Å². The number of hydrogen-bond donors (Lipinski definition) is 1. The summed E-state index contributed by atoms with van der Waals surface area (Å²) >= 11 is 0. The summed E-state index contributed by atoms with van der Waals surface area (Å²) in [6.07, 6.45) is 6.08.